The molecule has 26 heavy (non-hydrogen) atoms. The molecule has 1 aromatic rings. The van der Waals surface area contributed by atoms with E-state index in [4.69, 9.17) is 9.84 Å². The van der Waals surface area contributed by atoms with E-state index in [-0.39, 0.29) is 23.4 Å². The summed E-state index contributed by atoms with van der Waals surface area (Å²) in [6.07, 6.45) is 3.95. The number of nitrogens with one attached hydrogen (secondary N) is 1. The van der Waals surface area contributed by atoms with E-state index >= 15 is 0 Å². The van der Waals surface area contributed by atoms with Crippen LogP contribution < -0.4 is 5.32 Å². The zero-order valence-electron chi connectivity index (χ0n) is 14.9. The summed E-state index contributed by atoms with van der Waals surface area (Å²) in [5, 5.41) is 12.4. The number of amides is 2. The second-order valence-corrected chi connectivity index (χ2v) is 7.83. The summed E-state index contributed by atoms with van der Waals surface area (Å²) in [4.78, 5) is 25.8. The molecule has 2 N–H and O–H groups in total. The van der Waals surface area contributed by atoms with Gasteiger partial charge in [-0.05, 0) is 43.2 Å². The molecule has 4 rings (SSSR count). The first-order valence-electron chi connectivity index (χ1n) is 9.53. The third kappa shape index (κ3) is 3.07. The van der Waals surface area contributed by atoms with Gasteiger partial charge < -0.3 is 20.1 Å². The predicted octanol–water partition coefficient (Wildman–Crippen LogP) is 2.59. The average Bonchev–Trinajstić information content (AvgIpc) is 2.95. The molecule has 2 saturated heterocycles. The lowest BCUT2D eigenvalue weighted by Gasteiger charge is -2.40. The van der Waals surface area contributed by atoms with Crippen LogP contribution in [0.5, 0.6) is 0 Å². The highest BCUT2D eigenvalue weighted by Gasteiger charge is 2.47. The third-order valence-electron chi connectivity index (χ3n) is 6.41. The minimum atomic E-state index is -0.754. The maximum atomic E-state index is 12.9. The van der Waals surface area contributed by atoms with E-state index in [0.29, 0.717) is 25.9 Å². The van der Waals surface area contributed by atoms with Crippen molar-refractivity contribution in [2.75, 3.05) is 26.3 Å². The zero-order chi connectivity index (χ0) is 18.1. The Morgan fingerprint density at radius 2 is 1.85 bits per heavy atom. The van der Waals surface area contributed by atoms with Crippen LogP contribution in [0.3, 0.4) is 0 Å². The van der Waals surface area contributed by atoms with Gasteiger partial charge in [0.05, 0.1) is 12.0 Å². The number of piperidine rings is 1. The van der Waals surface area contributed by atoms with Gasteiger partial charge in [-0.15, -0.1) is 0 Å². The van der Waals surface area contributed by atoms with E-state index < -0.39 is 5.97 Å². The summed E-state index contributed by atoms with van der Waals surface area (Å²) < 4.78 is 5.58. The quantitative estimate of drug-likeness (QED) is 0.852. The van der Waals surface area contributed by atoms with Gasteiger partial charge in [0.2, 0.25) is 0 Å². The Morgan fingerprint density at radius 1 is 1.15 bits per heavy atom. The van der Waals surface area contributed by atoms with E-state index in [0.717, 1.165) is 32.5 Å². The molecule has 1 unspecified atom stereocenters. The molecule has 0 bridgehead atoms. The summed E-state index contributed by atoms with van der Waals surface area (Å²) >= 11 is 0. The van der Waals surface area contributed by atoms with Crippen LogP contribution in [0.1, 0.15) is 42.9 Å². The van der Waals surface area contributed by atoms with Crippen molar-refractivity contribution in [2.24, 2.45) is 11.3 Å². The van der Waals surface area contributed by atoms with Crippen LogP contribution in [0, 0.1) is 11.3 Å². The number of hydrogen-bond acceptors (Lipinski definition) is 3. The van der Waals surface area contributed by atoms with Crippen molar-refractivity contribution in [1.29, 1.82) is 0 Å². The molecule has 2 aliphatic heterocycles. The number of benzene rings is 1. The van der Waals surface area contributed by atoms with Crippen LogP contribution in [0.2, 0.25) is 0 Å². The van der Waals surface area contributed by atoms with Gasteiger partial charge in [0.1, 0.15) is 0 Å². The lowest BCUT2D eigenvalue weighted by molar-refractivity contribution is -0.143. The van der Waals surface area contributed by atoms with E-state index in [9.17, 15) is 9.59 Å². The second-order valence-electron chi connectivity index (χ2n) is 7.83. The van der Waals surface area contributed by atoms with E-state index in [1.165, 1.54) is 11.1 Å². The Hall–Kier alpha value is -2.08. The molecule has 1 atom stereocenters. The molecule has 0 aromatic heterocycles. The van der Waals surface area contributed by atoms with Crippen molar-refractivity contribution in [3.8, 4) is 0 Å². The zero-order valence-corrected chi connectivity index (χ0v) is 14.9. The van der Waals surface area contributed by atoms with Crippen LogP contribution in [0.15, 0.2) is 24.3 Å². The molecule has 2 amide bonds. The number of carboxylic acids is 1. The van der Waals surface area contributed by atoms with Gasteiger partial charge in [-0.25, -0.2) is 4.79 Å². The fourth-order valence-electron chi connectivity index (χ4n) is 4.81. The number of likely N-dealkylation sites (tertiary alicyclic amines) is 1. The number of carbonyl (C=O) groups is 2. The first kappa shape index (κ1) is 17.3. The number of fused-ring (bicyclic) bond motifs is 1. The van der Waals surface area contributed by atoms with E-state index in [2.05, 4.69) is 23.5 Å². The Kier molecular flexibility index (Phi) is 4.61. The Bertz CT molecular complexity index is 691. The third-order valence-corrected chi connectivity index (χ3v) is 6.41. The normalized spacial score (nSPS) is 25.1. The number of carboxylic acid groups (broad SMARTS) is 1. The molecule has 1 aromatic carbocycles. The number of rotatable bonds is 2. The van der Waals surface area contributed by atoms with Crippen LogP contribution in [0.25, 0.3) is 0 Å². The highest BCUT2D eigenvalue weighted by Crippen LogP contribution is 2.51. The fraction of sp³-hybridized carbons (Fsp3) is 0.600. The van der Waals surface area contributed by atoms with Crippen molar-refractivity contribution in [1.82, 2.24) is 10.2 Å². The smallest absolute Gasteiger partial charge is 0.317 e. The molecule has 6 nitrogen and oxygen atoms in total. The number of ether oxygens (including phenoxy) is 1. The van der Waals surface area contributed by atoms with E-state index in [1.54, 1.807) is 4.90 Å². The monoisotopic (exact) mass is 358 g/mol. The number of hydrogen-bond donors (Lipinski definition) is 2. The lowest BCUT2D eigenvalue weighted by atomic mass is 9.74. The van der Waals surface area contributed by atoms with Gasteiger partial charge in [-0.2, -0.15) is 0 Å². The molecule has 0 saturated carbocycles. The number of aliphatic carboxylic acids is 1. The number of nitrogens with zero attached hydrogens (tertiary/aromatic N) is 1. The van der Waals surface area contributed by atoms with Crippen LogP contribution >= 0.6 is 0 Å². The van der Waals surface area contributed by atoms with Gasteiger partial charge in [0.15, 0.2) is 0 Å². The summed E-state index contributed by atoms with van der Waals surface area (Å²) in [5.41, 5.74) is 2.59. The van der Waals surface area contributed by atoms with Crippen molar-refractivity contribution in [3.63, 3.8) is 0 Å². The van der Waals surface area contributed by atoms with Crippen LogP contribution in [0.4, 0.5) is 4.79 Å². The van der Waals surface area contributed by atoms with Crippen LogP contribution in [-0.2, 0) is 16.0 Å². The molecule has 2 heterocycles. The molecule has 2 fully saturated rings. The molecule has 3 aliphatic rings. The Labute approximate surface area is 153 Å². The summed E-state index contributed by atoms with van der Waals surface area (Å²) in [6.45, 7) is 2.50. The molecular weight excluding hydrogens is 332 g/mol. The Balaban J connectivity index is 1.50. The highest BCUT2D eigenvalue weighted by molar-refractivity contribution is 5.76. The maximum Gasteiger partial charge on any atom is 0.317 e. The number of carbonyl (C=O) groups excluding carboxylic acids is 1. The minimum Gasteiger partial charge on any atom is -0.481 e. The SMILES string of the molecule is O=C(O)C1CCN(C(=O)NC2c3ccccc3CC23CCOCC3)CC1. The largest absolute Gasteiger partial charge is 0.481 e. The van der Waals surface area contributed by atoms with Crippen molar-refractivity contribution in [2.45, 2.75) is 38.1 Å². The molecule has 1 aliphatic carbocycles. The summed E-state index contributed by atoms with van der Waals surface area (Å²) in [6, 6.07) is 8.33. The molecular formula is C20H26N2O4. The van der Waals surface area contributed by atoms with Gasteiger partial charge >= 0.3 is 12.0 Å². The van der Waals surface area contributed by atoms with Crippen molar-refractivity contribution in [3.05, 3.63) is 35.4 Å². The maximum absolute atomic E-state index is 12.9. The summed E-state index contributed by atoms with van der Waals surface area (Å²) in [7, 11) is 0. The van der Waals surface area contributed by atoms with E-state index in [1.807, 2.05) is 6.07 Å². The van der Waals surface area contributed by atoms with Gasteiger partial charge in [0.25, 0.3) is 0 Å². The summed E-state index contributed by atoms with van der Waals surface area (Å²) in [5.74, 6) is -1.08. The fourth-order valence-corrected chi connectivity index (χ4v) is 4.81. The van der Waals surface area contributed by atoms with Gasteiger partial charge in [-0.3, -0.25) is 4.79 Å². The van der Waals surface area contributed by atoms with Crippen LogP contribution in [-0.4, -0.2) is 48.3 Å². The average molecular weight is 358 g/mol. The highest BCUT2D eigenvalue weighted by atomic mass is 16.5. The predicted molar refractivity (Wildman–Crippen MR) is 95.8 cm³/mol. The first-order chi connectivity index (χ1) is 12.6. The molecule has 1 spiro atoms. The number of urea groups is 1. The lowest BCUT2D eigenvalue weighted by Crippen LogP contribution is -2.49. The van der Waals surface area contributed by atoms with Gasteiger partial charge in [0, 0.05) is 31.7 Å². The second kappa shape index (κ2) is 6.91. The topological polar surface area (TPSA) is 78.9 Å². The first-order valence-corrected chi connectivity index (χ1v) is 9.53. The molecule has 0 radical (unpaired) electrons. The van der Waals surface area contributed by atoms with Gasteiger partial charge in [-0.1, -0.05) is 24.3 Å². The van der Waals surface area contributed by atoms with Crippen molar-refractivity contribution < 1.29 is 19.4 Å². The molecule has 140 valence electrons. The minimum absolute atomic E-state index is 0.00676. The molecule has 6 heteroatoms. The Morgan fingerprint density at radius 3 is 2.54 bits per heavy atom. The standard InChI is InChI=1S/C20H26N2O4/c23-18(24)14-5-9-22(10-6-14)19(25)21-17-16-4-2-1-3-15(16)13-20(17)7-11-26-12-8-20/h1-4,14,17H,5-13H2,(H,21,25)(H,23,24). The van der Waals surface area contributed by atoms with Crippen molar-refractivity contribution >= 4 is 12.0 Å².